The summed E-state index contributed by atoms with van der Waals surface area (Å²) < 4.78 is 19.2. The number of anilines is 1. The van der Waals surface area contributed by atoms with E-state index in [0.29, 0.717) is 49.4 Å². The van der Waals surface area contributed by atoms with E-state index in [1.807, 2.05) is 35.2 Å². The smallest absolute Gasteiger partial charge is 0.409 e. The molecule has 4 rings (SSSR count). The molecule has 7 heteroatoms. The fourth-order valence-electron chi connectivity index (χ4n) is 4.24. The van der Waals surface area contributed by atoms with Gasteiger partial charge in [0.25, 0.3) is 5.91 Å². The van der Waals surface area contributed by atoms with Gasteiger partial charge in [-0.2, -0.15) is 0 Å². The van der Waals surface area contributed by atoms with E-state index in [0.717, 1.165) is 5.56 Å². The Balaban J connectivity index is 1.57. The normalized spacial score (nSPS) is 19.0. The average molecular weight is 411 g/mol. The summed E-state index contributed by atoms with van der Waals surface area (Å²) in [6.07, 6.45) is 0.643. The van der Waals surface area contributed by atoms with Crippen molar-refractivity contribution in [3.8, 4) is 0 Å². The van der Waals surface area contributed by atoms with E-state index in [1.54, 1.807) is 24.8 Å². The highest BCUT2D eigenvalue weighted by atomic mass is 19.1. The maximum Gasteiger partial charge on any atom is 0.409 e. The van der Waals surface area contributed by atoms with Gasteiger partial charge in [-0.25, -0.2) is 9.18 Å². The fourth-order valence-corrected chi connectivity index (χ4v) is 4.24. The highest BCUT2D eigenvalue weighted by molar-refractivity contribution is 5.99. The van der Waals surface area contributed by atoms with Crippen LogP contribution in [-0.2, 0) is 4.74 Å². The van der Waals surface area contributed by atoms with Gasteiger partial charge in [0.05, 0.1) is 6.61 Å². The number of carbonyl (C=O) groups is 2. The number of halogens is 1. The first-order chi connectivity index (χ1) is 14.5. The van der Waals surface area contributed by atoms with E-state index < -0.39 is 0 Å². The minimum Gasteiger partial charge on any atom is -0.450 e. The first-order valence-electron chi connectivity index (χ1n) is 10.4. The summed E-state index contributed by atoms with van der Waals surface area (Å²) >= 11 is 0. The molecule has 2 amide bonds. The predicted molar refractivity (Wildman–Crippen MR) is 112 cm³/mol. The first kappa shape index (κ1) is 20.2. The van der Waals surface area contributed by atoms with Crippen molar-refractivity contribution in [2.45, 2.75) is 38.9 Å². The van der Waals surface area contributed by atoms with Crippen molar-refractivity contribution in [3.63, 3.8) is 0 Å². The van der Waals surface area contributed by atoms with Gasteiger partial charge in [-0.15, -0.1) is 0 Å². The van der Waals surface area contributed by atoms with Crippen molar-refractivity contribution in [1.29, 1.82) is 0 Å². The molecule has 2 aromatic rings. The molecule has 30 heavy (non-hydrogen) atoms. The quantitative estimate of drug-likeness (QED) is 0.814. The summed E-state index contributed by atoms with van der Waals surface area (Å²) in [5.74, 6) is -0.322. The zero-order valence-electron chi connectivity index (χ0n) is 17.2. The molecule has 0 radical (unpaired) electrons. The molecule has 1 N–H and O–H groups in total. The maximum absolute atomic E-state index is 14.1. The Kier molecular flexibility index (Phi) is 5.61. The lowest BCUT2D eigenvalue weighted by molar-refractivity contribution is 0.0496. The van der Waals surface area contributed by atoms with E-state index in [9.17, 15) is 14.0 Å². The molecular formula is C23H26FN3O3. The van der Waals surface area contributed by atoms with Gasteiger partial charge in [-0.05, 0) is 50.5 Å². The molecular weight excluding hydrogens is 385 g/mol. The molecule has 0 spiro atoms. The number of likely N-dealkylation sites (tertiary alicyclic amines) is 1. The number of hydrogen-bond acceptors (Lipinski definition) is 4. The van der Waals surface area contributed by atoms with Crippen molar-refractivity contribution in [2.75, 3.05) is 25.0 Å². The second kappa shape index (κ2) is 8.34. The van der Waals surface area contributed by atoms with Crippen LogP contribution >= 0.6 is 0 Å². The van der Waals surface area contributed by atoms with E-state index >= 15 is 0 Å². The van der Waals surface area contributed by atoms with Gasteiger partial charge in [0.2, 0.25) is 0 Å². The molecule has 1 fully saturated rings. The van der Waals surface area contributed by atoms with Crippen LogP contribution in [0.5, 0.6) is 0 Å². The molecule has 0 aliphatic carbocycles. The highest BCUT2D eigenvalue weighted by Gasteiger charge is 2.42. The number of amides is 2. The molecule has 1 saturated heterocycles. The largest absolute Gasteiger partial charge is 0.450 e. The van der Waals surface area contributed by atoms with Gasteiger partial charge in [-0.1, -0.05) is 24.3 Å². The maximum atomic E-state index is 14.1. The summed E-state index contributed by atoms with van der Waals surface area (Å²) in [6.45, 7) is 4.93. The summed E-state index contributed by atoms with van der Waals surface area (Å²) in [4.78, 5) is 28.8. The topological polar surface area (TPSA) is 61.9 Å². The number of piperidine rings is 1. The Morgan fingerprint density at radius 1 is 1.20 bits per heavy atom. The van der Waals surface area contributed by atoms with Crippen LogP contribution < -0.4 is 5.32 Å². The lowest BCUT2D eigenvalue weighted by Crippen LogP contribution is -2.49. The van der Waals surface area contributed by atoms with Crippen LogP contribution in [0.4, 0.5) is 14.9 Å². The molecule has 1 atom stereocenters. The van der Waals surface area contributed by atoms with Gasteiger partial charge in [0.1, 0.15) is 12.0 Å². The Morgan fingerprint density at radius 2 is 1.93 bits per heavy atom. The number of nitrogens with zero attached hydrogens (tertiary/aromatic N) is 2. The minimum atomic E-state index is -0.380. The summed E-state index contributed by atoms with van der Waals surface area (Å²) in [5.41, 5.74) is 2.75. The number of fused-ring (bicyclic) bond motifs is 1. The van der Waals surface area contributed by atoms with E-state index in [1.165, 1.54) is 6.07 Å². The fraction of sp³-hybridized carbons (Fsp3) is 0.391. The third kappa shape index (κ3) is 3.72. The highest BCUT2D eigenvalue weighted by Crippen LogP contribution is 2.38. The van der Waals surface area contributed by atoms with Crippen molar-refractivity contribution >= 4 is 17.7 Å². The SMILES string of the molecule is CCOC(=O)N1CCC(N2C(=O)c3ccccc3[C@H]2Nc2ccc(C)c(F)c2)CC1. The molecule has 2 heterocycles. The third-order valence-electron chi connectivity index (χ3n) is 5.86. The van der Waals surface area contributed by atoms with E-state index in [2.05, 4.69) is 5.32 Å². The predicted octanol–water partition coefficient (Wildman–Crippen LogP) is 4.32. The van der Waals surface area contributed by atoms with Crippen LogP contribution in [0.3, 0.4) is 0 Å². The average Bonchev–Trinajstić information content (AvgIpc) is 3.03. The molecule has 158 valence electrons. The molecule has 6 nitrogen and oxygen atoms in total. The number of benzene rings is 2. The van der Waals surface area contributed by atoms with Crippen LogP contribution in [0.15, 0.2) is 42.5 Å². The first-order valence-corrected chi connectivity index (χ1v) is 10.4. The lowest BCUT2D eigenvalue weighted by atomic mass is 10.0. The van der Waals surface area contributed by atoms with Crippen LogP contribution in [-0.4, -0.2) is 47.5 Å². The second-order valence-electron chi connectivity index (χ2n) is 7.73. The van der Waals surface area contributed by atoms with Crippen molar-refractivity contribution in [3.05, 3.63) is 65.0 Å². The van der Waals surface area contributed by atoms with Crippen molar-refractivity contribution in [1.82, 2.24) is 9.80 Å². The number of rotatable bonds is 4. The summed E-state index contributed by atoms with van der Waals surface area (Å²) in [5, 5.41) is 3.36. The number of nitrogens with one attached hydrogen (secondary N) is 1. The molecule has 0 aromatic heterocycles. The van der Waals surface area contributed by atoms with Gasteiger partial charge in [-0.3, -0.25) is 4.79 Å². The molecule has 0 bridgehead atoms. The van der Waals surface area contributed by atoms with Crippen molar-refractivity contribution < 1.29 is 18.7 Å². The Morgan fingerprint density at radius 3 is 2.63 bits per heavy atom. The zero-order chi connectivity index (χ0) is 21.3. The summed E-state index contributed by atoms with van der Waals surface area (Å²) in [7, 11) is 0. The van der Waals surface area contributed by atoms with Gasteiger partial charge < -0.3 is 19.9 Å². The minimum absolute atomic E-state index is 0.0247. The number of carbonyl (C=O) groups excluding carboxylic acids is 2. The van der Waals surface area contributed by atoms with Gasteiger partial charge in [0.15, 0.2) is 0 Å². The zero-order valence-corrected chi connectivity index (χ0v) is 17.2. The molecule has 2 aliphatic rings. The number of hydrogen-bond donors (Lipinski definition) is 1. The number of ether oxygens (including phenoxy) is 1. The molecule has 0 unspecified atom stereocenters. The monoisotopic (exact) mass is 411 g/mol. The van der Waals surface area contributed by atoms with E-state index in [4.69, 9.17) is 4.74 Å². The standard InChI is InChI=1S/C23H26FN3O3/c1-3-30-23(29)26-12-10-17(11-13-26)27-21(18-6-4-5-7-19(18)22(27)28)25-16-9-8-15(2)20(24)14-16/h4-9,14,17,21,25H,3,10-13H2,1-2H3/t21-/m0/s1. The Hall–Kier alpha value is -3.09. The third-order valence-corrected chi connectivity index (χ3v) is 5.86. The summed E-state index contributed by atoms with van der Waals surface area (Å²) in [6, 6.07) is 12.5. The van der Waals surface area contributed by atoms with E-state index in [-0.39, 0.29) is 30.0 Å². The van der Waals surface area contributed by atoms with Gasteiger partial charge >= 0.3 is 6.09 Å². The Labute approximate surface area is 175 Å². The van der Waals surface area contributed by atoms with Crippen LogP contribution in [0.1, 0.15) is 47.4 Å². The second-order valence-corrected chi connectivity index (χ2v) is 7.73. The molecule has 0 saturated carbocycles. The Bertz CT molecular complexity index is 956. The molecule has 2 aliphatic heterocycles. The lowest BCUT2D eigenvalue weighted by Gasteiger charge is -2.39. The van der Waals surface area contributed by atoms with Crippen molar-refractivity contribution in [2.24, 2.45) is 0 Å². The van der Waals surface area contributed by atoms with Crippen LogP contribution in [0.25, 0.3) is 0 Å². The van der Waals surface area contributed by atoms with Gasteiger partial charge in [0, 0.05) is 35.9 Å². The number of aryl methyl sites for hydroxylation is 1. The van der Waals surface area contributed by atoms with Crippen LogP contribution in [0, 0.1) is 12.7 Å². The van der Waals surface area contributed by atoms with Crippen LogP contribution in [0.2, 0.25) is 0 Å². The molecule has 2 aromatic carbocycles.